The summed E-state index contributed by atoms with van der Waals surface area (Å²) >= 11 is 3.43. The molecule has 0 aliphatic carbocycles. The minimum atomic E-state index is -0.905. The van der Waals surface area contributed by atoms with E-state index < -0.39 is 11.8 Å². The highest BCUT2D eigenvalue weighted by Gasteiger charge is 2.15. The number of aryl methyl sites for hydroxylation is 3. The van der Waals surface area contributed by atoms with E-state index in [-0.39, 0.29) is 12.5 Å². The molecule has 3 N–H and O–H groups in total. The van der Waals surface area contributed by atoms with E-state index in [9.17, 15) is 14.4 Å². The van der Waals surface area contributed by atoms with E-state index in [0.717, 1.165) is 21.2 Å². The first-order valence-electron chi connectivity index (χ1n) is 11.3. The molecule has 192 valence electrons. The number of nitrogens with one attached hydrogen (secondary N) is 3. The first kappa shape index (κ1) is 27.4. The maximum atomic E-state index is 12.3. The first-order chi connectivity index (χ1) is 17.7. The number of hydrogen-bond acceptors (Lipinski definition) is 6. The maximum Gasteiger partial charge on any atom is 0.329 e. The molecule has 0 heterocycles. The molecule has 0 unspecified atom stereocenters. The zero-order valence-electron chi connectivity index (χ0n) is 20.8. The molecular weight excluding hydrogens is 540 g/mol. The smallest absolute Gasteiger partial charge is 0.329 e. The number of ether oxygens (including phenoxy) is 2. The van der Waals surface area contributed by atoms with Crippen LogP contribution >= 0.6 is 15.9 Å². The van der Waals surface area contributed by atoms with Crippen LogP contribution in [0.15, 0.2) is 64.2 Å². The quantitative estimate of drug-likeness (QED) is 0.211. The Bertz CT molecular complexity index is 1340. The van der Waals surface area contributed by atoms with Crippen LogP contribution in [0, 0.1) is 20.8 Å². The summed E-state index contributed by atoms with van der Waals surface area (Å²) in [5, 5.41) is 9.22. The van der Waals surface area contributed by atoms with Crippen molar-refractivity contribution in [1.29, 1.82) is 0 Å². The number of methoxy groups -OCH3 is 1. The number of hydrazone groups is 1. The lowest BCUT2D eigenvalue weighted by Crippen LogP contribution is -2.32. The van der Waals surface area contributed by atoms with E-state index in [4.69, 9.17) is 9.47 Å². The summed E-state index contributed by atoms with van der Waals surface area (Å²) in [5.41, 5.74) is 6.73. The molecular formula is C27H27BrN4O5. The third kappa shape index (κ3) is 7.65. The van der Waals surface area contributed by atoms with Crippen LogP contribution in [0.25, 0.3) is 0 Å². The van der Waals surface area contributed by atoms with Crippen molar-refractivity contribution < 1.29 is 23.9 Å². The Kier molecular flexibility index (Phi) is 9.39. The van der Waals surface area contributed by atoms with Crippen molar-refractivity contribution in [2.45, 2.75) is 20.8 Å². The molecule has 37 heavy (non-hydrogen) atoms. The molecule has 0 aromatic heterocycles. The van der Waals surface area contributed by atoms with E-state index in [1.807, 2.05) is 51.1 Å². The Morgan fingerprint density at radius 2 is 1.62 bits per heavy atom. The molecule has 3 amide bonds. The molecule has 9 nitrogen and oxygen atoms in total. The SMILES string of the molecule is COc1cc(/C=N\NC(=O)C(=O)Nc2c(C)cccc2C)ccc1OCC(=O)Nc1ccc(Br)c(C)c1. The number of carbonyl (C=O) groups is 3. The largest absolute Gasteiger partial charge is 0.493 e. The summed E-state index contributed by atoms with van der Waals surface area (Å²) in [6.45, 7) is 5.40. The fourth-order valence-electron chi connectivity index (χ4n) is 3.34. The second-order valence-corrected chi connectivity index (χ2v) is 8.99. The van der Waals surface area contributed by atoms with Gasteiger partial charge in [0.2, 0.25) is 0 Å². The van der Waals surface area contributed by atoms with Crippen LogP contribution in [0.2, 0.25) is 0 Å². The molecule has 0 aliphatic heterocycles. The van der Waals surface area contributed by atoms with E-state index in [2.05, 4.69) is 37.1 Å². The van der Waals surface area contributed by atoms with Crippen LogP contribution in [0.4, 0.5) is 11.4 Å². The Balaban J connectivity index is 1.55. The van der Waals surface area contributed by atoms with Crippen molar-refractivity contribution in [3.63, 3.8) is 0 Å². The van der Waals surface area contributed by atoms with E-state index in [1.54, 1.807) is 24.3 Å². The average Bonchev–Trinajstić information content (AvgIpc) is 2.87. The molecule has 10 heteroatoms. The predicted octanol–water partition coefficient (Wildman–Crippen LogP) is 4.49. The molecule has 0 saturated heterocycles. The van der Waals surface area contributed by atoms with Crippen molar-refractivity contribution in [2.75, 3.05) is 24.4 Å². The van der Waals surface area contributed by atoms with Gasteiger partial charge in [0.25, 0.3) is 5.91 Å². The second kappa shape index (κ2) is 12.7. The van der Waals surface area contributed by atoms with Gasteiger partial charge >= 0.3 is 11.8 Å². The highest BCUT2D eigenvalue weighted by molar-refractivity contribution is 9.10. The summed E-state index contributed by atoms with van der Waals surface area (Å²) in [7, 11) is 1.47. The maximum absolute atomic E-state index is 12.3. The number of carbonyl (C=O) groups excluding carboxylic acids is 3. The standard InChI is InChI=1S/C27H27BrN4O5/c1-16-6-5-7-17(2)25(16)31-26(34)27(35)32-29-14-19-8-11-22(23(13-19)36-4)37-15-24(33)30-20-9-10-21(28)18(3)12-20/h5-14H,15H2,1-4H3,(H,30,33)(H,31,34)(H,32,35)/b29-14-. The van der Waals surface area contributed by atoms with Crippen LogP contribution in [0.3, 0.4) is 0 Å². The Morgan fingerprint density at radius 1 is 0.892 bits per heavy atom. The van der Waals surface area contributed by atoms with Crippen LogP contribution in [-0.2, 0) is 14.4 Å². The van der Waals surface area contributed by atoms with Crippen molar-refractivity contribution in [3.05, 3.63) is 81.3 Å². The van der Waals surface area contributed by atoms with Gasteiger partial charge in [0, 0.05) is 15.8 Å². The number of rotatable bonds is 8. The molecule has 0 atom stereocenters. The van der Waals surface area contributed by atoms with Gasteiger partial charge in [0.05, 0.1) is 13.3 Å². The van der Waals surface area contributed by atoms with Crippen molar-refractivity contribution >= 4 is 51.2 Å². The normalized spacial score (nSPS) is 10.6. The molecule has 0 saturated carbocycles. The molecule has 0 radical (unpaired) electrons. The lowest BCUT2D eigenvalue weighted by Gasteiger charge is -2.12. The molecule has 3 rings (SSSR count). The molecule has 3 aromatic rings. The zero-order valence-corrected chi connectivity index (χ0v) is 22.4. The number of amides is 3. The van der Waals surface area contributed by atoms with Crippen molar-refractivity contribution in [2.24, 2.45) is 5.10 Å². The fourth-order valence-corrected chi connectivity index (χ4v) is 3.59. The van der Waals surface area contributed by atoms with Crippen molar-refractivity contribution in [3.8, 4) is 11.5 Å². The van der Waals surface area contributed by atoms with Crippen LogP contribution in [0.5, 0.6) is 11.5 Å². The van der Waals surface area contributed by atoms with Gasteiger partial charge in [-0.15, -0.1) is 0 Å². The van der Waals surface area contributed by atoms with E-state index in [0.29, 0.717) is 28.4 Å². The number of nitrogens with zero attached hydrogens (tertiary/aromatic N) is 1. The van der Waals surface area contributed by atoms with E-state index in [1.165, 1.54) is 13.3 Å². The summed E-state index contributed by atoms with van der Waals surface area (Å²) in [6.07, 6.45) is 1.36. The van der Waals surface area contributed by atoms with Gasteiger partial charge in [-0.3, -0.25) is 14.4 Å². The third-order valence-electron chi connectivity index (χ3n) is 5.29. The Labute approximate surface area is 223 Å². The van der Waals surface area contributed by atoms with Gasteiger partial charge < -0.3 is 20.1 Å². The molecule has 0 spiro atoms. The van der Waals surface area contributed by atoms with Crippen LogP contribution in [-0.4, -0.2) is 37.7 Å². The zero-order chi connectivity index (χ0) is 26.9. The van der Waals surface area contributed by atoms with Crippen LogP contribution in [0.1, 0.15) is 22.3 Å². The molecule has 0 bridgehead atoms. The van der Waals surface area contributed by atoms with Gasteiger partial charge in [0.15, 0.2) is 18.1 Å². The molecule has 0 aliphatic rings. The number of anilines is 2. The first-order valence-corrected chi connectivity index (χ1v) is 12.0. The van der Waals surface area contributed by atoms with Gasteiger partial charge in [-0.05, 0) is 79.4 Å². The predicted molar refractivity (Wildman–Crippen MR) is 146 cm³/mol. The lowest BCUT2D eigenvalue weighted by molar-refractivity contribution is -0.136. The highest BCUT2D eigenvalue weighted by Crippen LogP contribution is 2.28. The number of benzene rings is 3. The van der Waals surface area contributed by atoms with Gasteiger partial charge in [-0.25, -0.2) is 5.43 Å². The molecule has 3 aromatic carbocycles. The monoisotopic (exact) mass is 566 g/mol. The second-order valence-electron chi connectivity index (χ2n) is 8.13. The number of halogens is 1. The van der Waals surface area contributed by atoms with Crippen LogP contribution < -0.4 is 25.5 Å². The summed E-state index contributed by atoms with van der Waals surface area (Å²) < 4.78 is 11.9. The fraction of sp³-hybridized carbons (Fsp3) is 0.185. The Hall–Kier alpha value is -4.18. The van der Waals surface area contributed by atoms with Gasteiger partial charge in [-0.1, -0.05) is 34.1 Å². The summed E-state index contributed by atoms with van der Waals surface area (Å²) in [4.78, 5) is 36.6. The van der Waals surface area contributed by atoms with Crippen molar-refractivity contribution in [1.82, 2.24) is 5.43 Å². The molecule has 0 fully saturated rings. The summed E-state index contributed by atoms with van der Waals surface area (Å²) in [5.74, 6) is -1.32. The minimum absolute atomic E-state index is 0.218. The third-order valence-corrected chi connectivity index (χ3v) is 6.18. The summed E-state index contributed by atoms with van der Waals surface area (Å²) in [6, 6.07) is 16.0. The van der Waals surface area contributed by atoms with Gasteiger partial charge in [-0.2, -0.15) is 5.10 Å². The van der Waals surface area contributed by atoms with Gasteiger partial charge in [0.1, 0.15) is 0 Å². The lowest BCUT2D eigenvalue weighted by atomic mass is 10.1. The average molecular weight is 567 g/mol. The van der Waals surface area contributed by atoms with E-state index >= 15 is 0 Å². The Morgan fingerprint density at radius 3 is 2.30 bits per heavy atom. The topological polar surface area (TPSA) is 118 Å². The number of para-hydroxylation sites is 1. The minimum Gasteiger partial charge on any atom is -0.493 e. The number of hydrogen-bond donors (Lipinski definition) is 3. The highest BCUT2D eigenvalue weighted by atomic mass is 79.9.